The van der Waals surface area contributed by atoms with Crippen molar-refractivity contribution >= 4 is 58.0 Å². The van der Waals surface area contributed by atoms with E-state index in [9.17, 15) is 110 Å². The van der Waals surface area contributed by atoms with Crippen LogP contribution in [0.15, 0.2) is 274 Å². The van der Waals surface area contributed by atoms with Crippen molar-refractivity contribution in [3.8, 4) is 55.6 Å². The van der Waals surface area contributed by atoms with E-state index in [4.69, 9.17) is 0 Å². The van der Waals surface area contributed by atoms with Gasteiger partial charge in [0.05, 0.1) is 92.9 Å². The molecule has 5 amide bonds. The first-order valence-corrected chi connectivity index (χ1v) is 42.0. The highest BCUT2D eigenvalue weighted by atomic mass is 19.4. The summed E-state index contributed by atoms with van der Waals surface area (Å²) < 4.78 is 216. The molecular formula is C104H98F15N15O9. The topological polar surface area (TPSA) is 272 Å². The third kappa shape index (κ3) is 20.2. The van der Waals surface area contributed by atoms with Crippen molar-refractivity contribution in [1.29, 1.82) is 0 Å². The molecule has 4 N–H and O–H groups in total. The monoisotopic (exact) mass is 1990 g/mol. The predicted octanol–water partition coefficient (Wildman–Crippen LogP) is 20.0. The second-order valence-electron chi connectivity index (χ2n) is 33.1. The maximum Gasteiger partial charge on any atom is 0.430 e. The maximum atomic E-state index is 14.7. The molecule has 5 aliphatic heterocycles. The molecule has 0 radical (unpaired) electrons. The molecule has 748 valence electrons. The Labute approximate surface area is 811 Å². The van der Waals surface area contributed by atoms with Crippen molar-refractivity contribution in [3.63, 3.8) is 0 Å². The molecule has 0 spiro atoms. The van der Waals surface area contributed by atoms with Crippen molar-refractivity contribution in [2.75, 3.05) is 31.2 Å². The Bertz CT molecular complexity index is 6840. The number of aromatic nitrogens is 10. The van der Waals surface area contributed by atoms with E-state index in [2.05, 4.69) is 25.5 Å². The predicted molar refractivity (Wildman–Crippen MR) is 508 cm³/mol. The second kappa shape index (κ2) is 41.7. The quantitative estimate of drug-likeness (QED) is 0.0655. The van der Waals surface area contributed by atoms with Crippen LogP contribution >= 0.6 is 0 Å². The maximum absolute atomic E-state index is 14.7. The number of para-hydroxylation sites is 5. The van der Waals surface area contributed by atoms with Gasteiger partial charge < -0.3 is 44.9 Å². The minimum absolute atomic E-state index is 0. The van der Waals surface area contributed by atoms with E-state index in [1.54, 1.807) is 167 Å². The molecule has 24 nitrogen and oxygen atoms in total. The lowest BCUT2D eigenvalue weighted by molar-refractivity contribution is -0.253. The summed E-state index contributed by atoms with van der Waals surface area (Å²) in [4.78, 5) is 67.7. The lowest BCUT2D eigenvalue weighted by Gasteiger charge is -2.25. The molecule has 5 aromatic heterocycles. The van der Waals surface area contributed by atoms with Crippen LogP contribution in [0.3, 0.4) is 0 Å². The van der Waals surface area contributed by atoms with Crippen molar-refractivity contribution in [3.05, 3.63) is 359 Å². The Balaban J connectivity index is 0.000000169. The number of carbonyl (C=O) groups excluding carboxylic acids is 5. The van der Waals surface area contributed by atoms with Crippen LogP contribution in [0.4, 0.5) is 94.3 Å². The molecule has 15 aromatic rings. The molecule has 0 saturated carbocycles. The SMILES string of the molecule is C.C.C.C.C.Cn1cc(-c2ccc(CN3C(=O)C(O)(C(F)(F)F)c4ccccc43)c(F)c2)cn1.Cn1cc(-c2ccc(CN3C(=O)C(O)(C(F)(F)F)c4ccccc43)c(F)c2)cn1.Cn1cc(-c2ccc(CN3C(=O)C(O)(C(F)(F)F)c4ccccc43)c(F)c2)cn1.Cn1cc(-c2ccc(CN3C(=O)C(O)(CF)c4ccccc43)c(F)c2)cn1.Cn1cc(-c2ccc(CN3C(=O)Cc4ccccc43)c(F)c2)cn1. The molecule has 20 rings (SSSR count). The fourth-order valence-corrected chi connectivity index (χ4v) is 16.9. The van der Waals surface area contributed by atoms with E-state index in [-0.39, 0.29) is 107 Å². The summed E-state index contributed by atoms with van der Waals surface area (Å²) in [5, 5.41) is 61.4. The zero-order valence-electron chi connectivity index (χ0n) is 73.1. The zero-order valence-corrected chi connectivity index (χ0v) is 73.1. The van der Waals surface area contributed by atoms with Gasteiger partial charge in [-0.05, 0) is 94.0 Å². The number of nitrogens with zero attached hydrogens (tertiary/aromatic N) is 15. The fraction of sp³-hybridized carbons (Fsp3) is 0.231. The van der Waals surface area contributed by atoms with E-state index >= 15 is 0 Å². The Morgan fingerprint density at radius 1 is 0.287 bits per heavy atom. The average Bonchev–Trinajstić information content (AvgIpc) is 1.57. The summed E-state index contributed by atoms with van der Waals surface area (Å²) in [5.41, 5.74) is -5.18. The van der Waals surface area contributed by atoms with Crippen molar-refractivity contribution in [2.24, 2.45) is 35.2 Å². The Hall–Kier alpha value is -15.6. The van der Waals surface area contributed by atoms with Gasteiger partial charge >= 0.3 is 18.5 Å². The zero-order chi connectivity index (χ0) is 98.8. The summed E-state index contributed by atoms with van der Waals surface area (Å²) in [6.45, 7) is -2.44. The lowest BCUT2D eigenvalue weighted by Crippen LogP contribution is -2.50. The third-order valence-electron chi connectivity index (χ3n) is 24.1. The van der Waals surface area contributed by atoms with E-state index in [0.717, 1.165) is 60.8 Å². The number of aliphatic hydroxyl groups is 4. The number of anilines is 5. The Morgan fingerprint density at radius 3 is 0.734 bits per heavy atom. The molecule has 4 unspecified atom stereocenters. The summed E-state index contributed by atoms with van der Waals surface area (Å²) >= 11 is 0. The molecule has 0 aliphatic carbocycles. The number of alkyl halides is 10. The fourth-order valence-electron chi connectivity index (χ4n) is 16.9. The summed E-state index contributed by atoms with van der Waals surface area (Å²) in [6, 6.07) is 51.8. The van der Waals surface area contributed by atoms with Crippen molar-refractivity contribution in [1.82, 2.24) is 48.9 Å². The van der Waals surface area contributed by atoms with Gasteiger partial charge in [-0.3, -0.25) is 47.4 Å². The van der Waals surface area contributed by atoms with Gasteiger partial charge in [-0.1, -0.05) is 189 Å². The van der Waals surface area contributed by atoms with Crippen LogP contribution < -0.4 is 24.5 Å². The molecule has 0 fully saturated rings. The largest absolute Gasteiger partial charge is 0.430 e. The minimum atomic E-state index is -5.21. The molecule has 10 aromatic carbocycles. The number of hydrogen-bond donors (Lipinski definition) is 4. The number of carbonyl (C=O) groups is 5. The van der Waals surface area contributed by atoms with E-state index in [1.807, 2.05) is 43.6 Å². The van der Waals surface area contributed by atoms with Crippen molar-refractivity contribution in [2.45, 2.75) is 117 Å². The molecule has 4 atom stereocenters. The first-order chi connectivity index (χ1) is 65.4. The highest BCUT2D eigenvalue weighted by Crippen LogP contribution is 2.54. The van der Waals surface area contributed by atoms with Crippen LogP contribution in [0.2, 0.25) is 0 Å². The standard InChI is InChI=1S/3C20H15F4N3O2.C20H17F2N3O2.C19H16FN3O.5CH4/c3*1-26-10-14(9-25-26)12-6-7-13(16(21)8-12)11-27-17-5-3-2-4-15(17)19(29,18(27)28)20(22,23)24;1-24-10-15(9-23-24)13-6-7-14(17(22)8-13)11-25-18-5-3-2-4-16(18)20(27,12-21)19(25)26;1-22-11-16(10-21-22)13-6-7-15(17(20)8-13)12-23-18-5-3-2-4-14(18)9-19(23)24;;;;;/h3*2-10,29H,11H2,1H3;2-10,27H,11-12H2,1H3;2-8,10-11H,9,12H2,1H3;5*1H4. The first kappa shape index (κ1) is 108. The van der Waals surface area contributed by atoms with E-state index < -0.39 is 131 Å². The van der Waals surface area contributed by atoms with Crippen LogP contribution in [0.1, 0.15) is 92.8 Å². The van der Waals surface area contributed by atoms with Crippen LogP contribution in [0.5, 0.6) is 0 Å². The summed E-state index contributed by atoms with van der Waals surface area (Å²) in [6.07, 6.45) is 1.44. The molecule has 10 heterocycles. The molecule has 0 bridgehead atoms. The molecule has 143 heavy (non-hydrogen) atoms. The number of halogens is 15. The number of benzene rings is 10. The van der Waals surface area contributed by atoms with Crippen LogP contribution in [-0.4, -0.2) is 124 Å². The number of fused-ring (bicyclic) bond motifs is 5. The van der Waals surface area contributed by atoms with Crippen molar-refractivity contribution < 1.29 is 110 Å². The minimum Gasteiger partial charge on any atom is -0.373 e. The Morgan fingerprint density at radius 2 is 0.503 bits per heavy atom. The lowest BCUT2D eigenvalue weighted by atomic mass is 9.95. The molecular weight excluding hydrogens is 1890 g/mol. The third-order valence-corrected chi connectivity index (χ3v) is 24.1. The van der Waals surface area contributed by atoms with Gasteiger partial charge in [-0.25, -0.2) is 26.3 Å². The highest BCUT2D eigenvalue weighted by molar-refractivity contribution is 6.10. The van der Waals surface area contributed by atoms with Gasteiger partial charge in [0.1, 0.15) is 35.8 Å². The molecule has 5 aliphatic rings. The van der Waals surface area contributed by atoms with Gasteiger partial charge in [0, 0.05) is 150 Å². The molecule has 0 saturated heterocycles. The van der Waals surface area contributed by atoms with E-state index in [1.165, 1.54) is 114 Å². The van der Waals surface area contributed by atoms with Crippen LogP contribution in [-0.2, 0) is 121 Å². The number of rotatable bonds is 16. The number of aryl methyl sites for hydroxylation is 5. The van der Waals surface area contributed by atoms with Gasteiger partial charge in [-0.15, -0.1) is 0 Å². The number of hydrogen-bond acceptors (Lipinski definition) is 14. The van der Waals surface area contributed by atoms with Gasteiger partial charge in [0.15, 0.2) is 5.60 Å². The number of amides is 5. The normalized spacial score (nSPS) is 17.3. The first-order valence-electron chi connectivity index (χ1n) is 42.0. The van der Waals surface area contributed by atoms with Gasteiger partial charge in [0.2, 0.25) is 5.91 Å². The van der Waals surface area contributed by atoms with Gasteiger partial charge in [0.25, 0.3) is 40.4 Å². The summed E-state index contributed by atoms with van der Waals surface area (Å²) in [7, 11) is 8.74. The van der Waals surface area contributed by atoms with Gasteiger partial charge in [-0.2, -0.15) is 65.0 Å². The highest BCUT2D eigenvalue weighted by Gasteiger charge is 2.69. The second-order valence-corrected chi connectivity index (χ2v) is 33.1. The smallest absolute Gasteiger partial charge is 0.373 e. The summed E-state index contributed by atoms with van der Waals surface area (Å²) in [5.74, 6) is -8.29. The molecule has 39 heteroatoms. The van der Waals surface area contributed by atoms with E-state index in [0.29, 0.717) is 56.6 Å². The average molecular weight is 1990 g/mol. The van der Waals surface area contributed by atoms with Crippen LogP contribution in [0.25, 0.3) is 55.6 Å². The Kier molecular flexibility index (Phi) is 31.4. The van der Waals surface area contributed by atoms with Crippen LogP contribution in [0, 0.1) is 29.1 Å².